The minimum atomic E-state index is 0.360. The summed E-state index contributed by atoms with van der Waals surface area (Å²) in [5, 5.41) is 18.6. The van der Waals surface area contributed by atoms with Gasteiger partial charge in [-0.05, 0) is 29.8 Å². The summed E-state index contributed by atoms with van der Waals surface area (Å²) in [5.74, 6) is 2.65. The fourth-order valence-electron chi connectivity index (χ4n) is 3.84. The fraction of sp³-hybridized carbons (Fsp3) is 0.350. The minimum absolute atomic E-state index is 0.360. The van der Waals surface area contributed by atoms with E-state index in [-0.39, 0.29) is 0 Å². The molecule has 0 amide bonds. The van der Waals surface area contributed by atoms with E-state index < -0.39 is 0 Å². The summed E-state index contributed by atoms with van der Waals surface area (Å²) in [6, 6.07) is 10.6. The minimum Gasteiger partial charge on any atom is -0.347 e. The van der Waals surface area contributed by atoms with Gasteiger partial charge in [0, 0.05) is 30.7 Å². The Kier molecular flexibility index (Phi) is 5.28. The second kappa shape index (κ2) is 8.23. The van der Waals surface area contributed by atoms with Crippen LogP contribution in [0.5, 0.6) is 0 Å². The van der Waals surface area contributed by atoms with E-state index in [1.165, 1.54) is 0 Å². The number of aromatic amines is 1. The molecule has 4 aromatic rings. The number of anilines is 2. The first kappa shape index (κ1) is 19.9. The van der Waals surface area contributed by atoms with E-state index in [2.05, 4.69) is 65.6 Å². The highest BCUT2D eigenvalue weighted by Crippen LogP contribution is 2.23. The molecule has 3 N–H and O–H groups in total. The molecule has 0 aliphatic carbocycles. The van der Waals surface area contributed by atoms with Crippen molar-refractivity contribution in [1.82, 2.24) is 40.1 Å². The maximum atomic E-state index is 4.78. The topological polar surface area (TPSA) is 112 Å². The van der Waals surface area contributed by atoms with Gasteiger partial charge in [-0.15, -0.1) is 0 Å². The molecule has 1 aliphatic rings. The molecule has 1 fully saturated rings. The number of nitrogens with one attached hydrogen (secondary N) is 3. The van der Waals surface area contributed by atoms with Gasteiger partial charge in [0.2, 0.25) is 11.9 Å². The van der Waals surface area contributed by atoms with E-state index in [4.69, 9.17) is 9.97 Å². The molecule has 1 aromatic carbocycles. The Morgan fingerprint density at radius 1 is 1.10 bits per heavy atom. The summed E-state index contributed by atoms with van der Waals surface area (Å²) in [5.41, 5.74) is 1.68. The van der Waals surface area contributed by atoms with Gasteiger partial charge in [0.15, 0.2) is 11.5 Å². The van der Waals surface area contributed by atoms with Crippen LogP contribution in [-0.2, 0) is 6.54 Å². The maximum absolute atomic E-state index is 4.78. The van der Waals surface area contributed by atoms with Crippen molar-refractivity contribution in [1.29, 1.82) is 0 Å². The predicted molar refractivity (Wildman–Crippen MR) is 122 cm³/mol. The van der Waals surface area contributed by atoms with Crippen LogP contribution in [0.2, 0.25) is 0 Å². The van der Waals surface area contributed by atoms with Crippen LogP contribution in [0.25, 0.3) is 17.0 Å². The Hall–Kier alpha value is -3.05. The molecule has 160 valence electrons. The molecule has 11 heteroatoms. The summed E-state index contributed by atoms with van der Waals surface area (Å²) in [7, 11) is 0. The van der Waals surface area contributed by atoms with E-state index >= 15 is 0 Å². The zero-order valence-corrected chi connectivity index (χ0v) is 18.8. The van der Waals surface area contributed by atoms with Crippen LogP contribution in [-0.4, -0.2) is 59.9 Å². The highest BCUT2D eigenvalue weighted by molar-refractivity contribution is 9.10. The second-order valence-electron chi connectivity index (χ2n) is 7.77. The van der Waals surface area contributed by atoms with E-state index in [1.54, 1.807) is 10.7 Å². The number of nitrogens with zero attached hydrogens (tertiary/aromatic N) is 7. The summed E-state index contributed by atoms with van der Waals surface area (Å²) < 4.78 is 2.51. The second-order valence-corrected chi connectivity index (χ2v) is 8.63. The summed E-state index contributed by atoms with van der Waals surface area (Å²) in [4.78, 5) is 16.3. The molecule has 1 aliphatic heterocycles. The molecule has 3 aromatic heterocycles. The van der Waals surface area contributed by atoms with Crippen LogP contribution in [0, 0.1) is 0 Å². The average Bonchev–Trinajstić information content (AvgIpc) is 3.39. The number of piperazine rings is 1. The van der Waals surface area contributed by atoms with Crippen LogP contribution in [0.15, 0.2) is 41.0 Å². The van der Waals surface area contributed by atoms with Gasteiger partial charge in [0.05, 0.1) is 17.2 Å². The molecular formula is C20H23BrN10. The van der Waals surface area contributed by atoms with Crippen molar-refractivity contribution < 1.29 is 0 Å². The van der Waals surface area contributed by atoms with Crippen LogP contribution >= 0.6 is 15.9 Å². The molecule has 5 rings (SSSR count). The van der Waals surface area contributed by atoms with Crippen molar-refractivity contribution in [2.75, 3.05) is 23.3 Å². The molecule has 31 heavy (non-hydrogen) atoms. The largest absolute Gasteiger partial charge is 0.347 e. The van der Waals surface area contributed by atoms with Gasteiger partial charge >= 0.3 is 0 Å². The van der Waals surface area contributed by atoms with Crippen LogP contribution in [0.4, 0.5) is 11.9 Å². The third kappa shape index (κ3) is 4.10. The molecule has 0 bridgehead atoms. The number of hydrogen-bond donors (Lipinski definition) is 3. The standard InChI is InChI=1S/C20H23BrN10/c1-12-10-30(11-13(2)24-12)20-26-18-15(21)8-23-31(18)19(27-20)22-9-16-25-17(29-28-16)14-6-4-3-5-7-14/h3-8,12-13,24H,9-11H2,1-2H3,(H,22,26,27)(H,25,28,29)/t12-,13+. The van der Waals surface area contributed by atoms with Crippen molar-refractivity contribution in [3.63, 3.8) is 0 Å². The highest BCUT2D eigenvalue weighted by Gasteiger charge is 2.24. The Balaban J connectivity index is 1.41. The van der Waals surface area contributed by atoms with Gasteiger partial charge in [0.25, 0.3) is 0 Å². The van der Waals surface area contributed by atoms with Gasteiger partial charge in [-0.3, -0.25) is 5.10 Å². The molecule has 4 heterocycles. The van der Waals surface area contributed by atoms with E-state index in [0.29, 0.717) is 47.8 Å². The zero-order chi connectivity index (χ0) is 21.4. The predicted octanol–water partition coefficient (Wildman–Crippen LogP) is 2.47. The van der Waals surface area contributed by atoms with Crippen LogP contribution in [0.3, 0.4) is 0 Å². The Morgan fingerprint density at radius 3 is 2.65 bits per heavy atom. The number of fused-ring (bicyclic) bond motifs is 1. The molecule has 10 nitrogen and oxygen atoms in total. The molecule has 0 radical (unpaired) electrons. The third-order valence-electron chi connectivity index (χ3n) is 5.13. The Morgan fingerprint density at radius 2 is 1.87 bits per heavy atom. The molecule has 0 saturated carbocycles. The van der Waals surface area contributed by atoms with Gasteiger partial charge in [0.1, 0.15) is 5.82 Å². The number of aromatic nitrogens is 7. The van der Waals surface area contributed by atoms with Crippen molar-refractivity contribution in [3.05, 3.63) is 46.8 Å². The molecule has 1 saturated heterocycles. The number of H-pyrrole nitrogens is 1. The van der Waals surface area contributed by atoms with E-state index in [9.17, 15) is 0 Å². The van der Waals surface area contributed by atoms with Crippen molar-refractivity contribution in [2.24, 2.45) is 0 Å². The summed E-state index contributed by atoms with van der Waals surface area (Å²) in [6.45, 7) is 6.45. The van der Waals surface area contributed by atoms with Gasteiger partial charge in [-0.25, -0.2) is 4.98 Å². The highest BCUT2D eigenvalue weighted by atomic mass is 79.9. The SMILES string of the molecule is C[C@@H]1CN(c2nc(NCc3nc(-c4ccccc4)n[nH]3)n3ncc(Br)c3n2)C[C@H](C)N1. The smallest absolute Gasteiger partial charge is 0.230 e. The van der Waals surface area contributed by atoms with Crippen molar-refractivity contribution in [3.8, 4) is 11.4 Å². The summed E-state index contributed by atoms with van der Waals surface area (Å²) in [6.07, 6.45) is 1.73. The Labute approximate surface area is 187 Å². The maximum Gasteiger partial charge on any atom is 0.230 e. The number of hydrogen-bond acceptors (Lipinski definition) is 8. The van der Waals surface area contributed by atoms with Crippen molar-refractivity contribution in [2.45, 2.75) is 32.5 Å². The number of benzene rings is 1. The summed E-state index contributed by atoms with van der Waals surface area (Å²) >= 11 is 3.55. The molecule has 2 atom stereocenters. The fourth-order valence-corrected chi connectivity index (χ4v) is 4.19. The number of halogens is 1. The lowest BCUT2D eigenvalue weighted by Gasteiger charge is -2.36. The zero-order valence-electron chi connectivity index (χ0n) is 17.2. The van der Waals surface area contributed by atoms with Crippen molar-refractivity contribution >= 4 is 33.5 Å². The van der Waals surface area contributed by atoms with Crippen LogP contribution in [0.1, 0.15) is 19.7 Å². The molecular weight excluding hydrogens is 460 g/mol. The average molecular weight is 483 g/mol. The lowest BCUT2D eigenvalue weighted by Crippen LogP contribution is -2.54. The van der Waals surface area contributed by atoms with Gasteiger partial charge in [-0.2, -0.15) is 24.7 Å². The monoisotopic (exact) mass is 482 g/mol. The first-order valence-electron chi connectivity index (χ1n) is 10.2. The van der Waals surface area contributed by atoms with Gasteiger partial charge in [-0.1, -0.05) is 30.3 Å². The van der Waals surface area contributed by atoms with E-state index in [0.717, 1.165) is 23.1 Å². The van der Waals surface area contributed by atoms with Gasteiger partial charge < -0.3 is 15.5 Å². The molecule has 0 unspecified atom stereocenters. The molecule has 0 spiro atoms. The number of rotatable bonds is 5. The lowest BCUT2D eigenvalue weighted by molar-refractivity contribution is 0.403. The Bertz CT molecular complexity index is 1180. The first-order valence-corrected chi connectivity index (χ1v) is 11.0. The quantitative estimate of drug-likeness (QED) is 0.397. The normalized spacial score (nSPS) is 19.1. The first-order chi connectivity index (χ1) is 15.1. The van der Waals surface area contributed by atoms with Crippen LogP contribution < -0.4 is 15.5 Å². The van der Waals surface area contributed by atoms with E-state index in [1.807, 2.05) is 30.3 Å². The third-order valence-corrected chi connectivity index (χ3v) is 5.69. The lowest BCUT2D eigenvalue weighted by atomic mass is 10.1.